The van der Waals surface area contributed by atoms with Crippen molar-refractivity contribution in [1.29, 1.82) is 0 Å². The fourth-order valence-corrected chi connectivity index (χ4v) is 3.51. The van der Waals surface area contributed by atoms with Gasteiger partial charge in [-0.15, -0.1) is 10.2 Å². The summed E-state index contributed by atoms with van der Waals surface area (Å²) in [7, 11) is 0. The van der Waals surface area contributed by atoms with E-state index in [-0.39, 0.29) is 24.8 Å². The van der Waals surface area contributed by atoms with E-state index in [9.17, 15) is 22.7 Å². The van der Waals surface area contributed by atoms with Crippen LogP contribution in [0.15, 0.2) is 22.6 Å². The molecule has 10 heteroatoms. The van der Waals surface area contributed by atoms with Gasteiger partial charge in [-0.1, -0.05) is 6.07 Å². The normalized spacial score (nSPS) is 23.1. The fraction of sp³-hybridized carbons (Fsp3) is 0.529. The van der Waals surface area contributed by atoms with Crippen LogP contribution in [0.1, 0.15) is 55.4 Å². The van der Waals surface area contributed by atoms with Crippen LogP contribution in [-0.4, -0.2) is 32.3 Å². The molecule has 2 N–H and O–H groups in total. The van der Waals surface area contributed by atoms with Crippen molar-refractivity contribution in [2.24, 2.45) is 0 Å². The van der Waals surface area contributed by atoms with E-state index in [2.05, 4.69) is 15.6 Å². The summed E-state index contributed by atoms with van der Waals surface area (Å²) in [6, 6.07) is 4.88. The quantitative estimate of drug-likeness (QED) is 0.783. The van der Waals surface area contributed by atoms with Gasteiger partial charge in [0.1, 0.15) is 6.23 Å². The molecule has 27 heavy (non-hydrogen) atoms. The van der Waals surface area contributed by atoms with Crippen molar-refractivity contribution in [1.82, 2.24) is 20.6 Å². The van der Waals surface area contributed by atoms with Gasteiger partial charge in [0, 0.05) is 36.6 Å². The third kappa shape index (κ3) is 3.69. The second-order valence-electron chi connectivity index (χ2n) is 6.92. The first-order chi connectivity index (χ1) is 12.8. The van der Waals surface area contributed by atoms with Crippen LogP contribution >= 0.6 is 0 Å². The Morgan fingerprint density at radius 3 is 2.63 bits per heavy atom. The molecule has 1 aromatic heterocycles. The predicted molar refractivity (Wildman–Crippen MR) is 85.5 cm³/mol. The van der Waals surface area contributed by atoms with Gasteiger partial charge in [-0.25, -0.2) is 19.2 Å². The van der Waals surface area contributed by atoms with Crippen molar-refractivity contribution in [3.8, 4) is 11.5 Å². The Morgan fingerprint density at radius 1 is 1.22 bits per heavy atom. The largest absolute Gasteiger partial charge is 0.415 e. The van der Waals surface area contributed by atoms with Crippen LogP contribution in [0.2, 0.25) is 0 Å². The molecule has 1 unspecified atom stereocenters. The number of rotatable bonds is 4. The highest BCUT2D eigenvalue weighted by Crippen LogP contribution is 2.36. The zero-order valence-corrected chi connectivity index (χ0v) is 14.2. The summed E-state index contributed by atoms with van der Waals surface area (Å²) in [6.07, 6.45) is -3.52. The SMILES string of the molecule is OC1c2cc(-c3nnc(C(F)F)o3)ccc2CN1NC1CCC(F)(F)CC1. The lowest BCUT2D eigenvalue weighted by molar-refractivity contribution is -0.0699. The van der Waals surface area contributed by atoms with E-state index in [0.717, 1.165) is 5.56 Å². The van der Waals surface area contributed by atoms with E-state index in [1.165, 1.54) is 0 Å². The van der Waals surface area contributed by atoms with Crippen molar-refractivity contribution in [2.45, 2.75) is 56.8 Å². The number of hydrogen-bond acceptors (Lipinski definition) is 6. The van der Waals surface area contributed by atoms with Gasteiger partial charge in [0.15, 0.2) is 0 Å². The lowest BCUT2D eigenvalue weighted by Crippen LogP contribution is -2.46. The van der Waals surface area contributed by atoms with Crippen molar-refractivity contribution < 1.29 is 27.1 Å². The molecular weight excluding hydrogens is 368 g/mol. The van der Waals surface area contributed by atoms with Gasteiger partial charge in [-0.2, -0.15) is 8.78 Å². The number of alkyl halides is 4. The molecule has 1 saturated carbocycles. The zero-order valence-electron chi connectivity index (χ0n) is 14.2. The second kappa shape index (κ2) is 6.84. The summed E-state index contributed by atoms with van der Waals surface area (Å²) in [4.78, 5) is 0. The topological polar surface area (TPSA) is 74.4 Å². The van der Waals surface area contributed by atoms with Crippen LogP contribution < -0.4 is 5.43 Å². The molecule has 0 saturated heterocycles. The lowest BCUT2D eigenvalue weighted by atomic mass is 9.93. The number of aliphatic hydroxyl groups excluding tert-OH is 1. The highest BCUT2D eigenvalue weighted by Gasteiger charge is 2.37. The van der Waals surface area contributed by atoms with E-state index in [1.54, 1.807) is 23.2 Å². The van der Waals surface area contributed by atoms with Gasteiger partial charge in [0.2, 0.25) is 11.8 Å². The van der Waals surface area contributed by atoms with Crippen molar-refractivity contribution >= 4 is 0 Å². The van der Waals surface area contributed by atoms with Crippen LogP contribution in [0.3, 0.4) is 0 Å². The summed E-state index contributed by atoms with van der Waals surface area (Å²) in [5.74, 6) is -3.43. The van der Waals surface area contributed by atoms with Gasteiger partial charge in [0.05, 0.1) is 0 Å². The van der Waals surface area contributed by atoms with Crippen LogP contribution in [0.4, 0.5) is 17.6 Å². The van der Waals surface area contributed by atoms with Gasteiger partial charge in [-0.05, 0) is 30.5 Å². The molecule has 1 aromatic carbocycles. The van der Waals surface area contributed by atoms with Crippen molar-refractivity contribution in [3.05, 3.63) is 35.2 Å². The maximum atomic E-state index is 13.3. The van der Waals surface area contributed by atoms with Crippen molar-refractivity contribution in [2.75, 3.05) is 0 Å². The van der Waals surface area contributed by atoms with E-state index in [1.807, 2.05) is 0 Å². The summed E-state index contributed by atoms with van der Waals surface area (Å²) >= 11 is 0. The number of hydrogen-bond donors (Lipinski definition) is 2. The molecule has 1 atom stereocenters. The molecule has 2 aliphatic rings. The molecular formula is C17H18F4N4O2. The number of aliphatic hydroxyl groups is 1. The predicted octanol–water partition coefficient (Wildman–Crippen LogP) is 3.56. The highest BCUT2D eigenvalue weighted by atomic mass is 19.3. The molecule has 2 aromatic rings. The lowest BCUT2D eigenvalue weighted by Gasteiger charge is -2.33. The zero-order chi connectivity index (χ0) is 19.2. The first-order valence-corrected chi connectivity index (χ1v) is 8.66. The molecule has 1 aliphatic carbocycles. The third-order valence-corrected chi connectivity index (χ3v) is 5.00. The smallest absolute Gasteiger partial charge is 0.314 e. The number of halogens is 4. The van der Waals surface area contributed by atoms with Gasteiger partial charge in [0.25, 0.3) is 5.89 Å². The minimum atomic E-state index is -2.85. The van der Waals surface area contributed by atoms with Crippen LogP contribution in [0.25, 0.3) is 11.5 Å². The molecule has 1 fully saturated rings. The summed E-state index contributed by atoms with van der Waals surface area (Å²) in [6.45, 7) is 0.399. The molecule has 146 valence electrons. The Hall–Kier alpha value is -2.04. The van der Waals surface area contributed by atoms with Crippen molar-refractivity contribution in [3.63, 3.8) is 0 Å². The molecule has 2 heterocycles. The maximum absolute atomic E-state index is 13.3. The molecule has 0 radical (unpaired) electrons. The second-order valence-corrected chi connectivity index (χ2v) is 6.92. The third-order valence-electron chi connectivity index (χ3n) is 5.00. The molecule has 0 bridgehead atoms. The monoisotopic (exact) mass is 386 g/mol. The first-order valence-electron chi connectivity index (χ1n) is 8.66. The highest BCUT2D eigenvalue weighted by molar-refractivity contribution is 5.56. The molecule has 0 spiro atoms. The molecule has 0 amide bonds. The minimum absolute atomic E-state index is 0.0544. The van der Waals surface area contributed by atoms with Gasteiger partial charge < -0.3 is 9.52 Å². The first kappa shape index (κ1) is 18.3. The number of fused-ring (bicyclic) bond motifs is 1. The number of nitrogens with one attached hydrogen (secondary N) is 1. The molecule has 4 rings (SSSR count). The summed E-state index contributed by atoms with van der Waals surface area (Å²) < 4.78 is 56.7. The maximum Gasteiger partial charge on any atom is 0.314 e. The molecule has 6 nitrogen and oxygen atoms in total. The number of nitrogens with zero attached hydrogens (tertiary/aromatic N) is 3. The fourth-order valence-electron chi connectivity index (χ4n) is 3.51. The number of hydrazine groups is 1. The number of benzene rings is 1. The van der Waals surface area contributed by atoms with Gasteiger partial charge in [-0.3, -0.25) is 0 Å². The minimum Gasteiger partial charge on any atom is -0.415 e. The van der Waals surface area contributed by atoms with E-state index in [4.69, 9.17) is 4.42 Å². The van der Waals surface area contributed by atoms with Crippen LogP contribution in [0, 0.1) is 0 Å². The Morgan fingerprint density at radius 2 is 1.96 bits per heavy atom. The average molecular weight is 386 g/mol. The summed E-state index contributed by atoms with van der Waals surface area (Å²) in [5, 5.41) is 19.1. The number of aromatic nitrogens is 2. The van der Waals surface area contributed by atoms with E-state index >= 15 is 0 Å². The Balaban J connectivity index is 1.47. The Bertz CT molecular complexity index is 819. The molecule has 1 aliphatic heterocycles. The van der Waals surface area contributed by atoms with E-state index < -0.39 is 24.5 Å². The van der Waals surface area contributed by atoms with Crippen LogP contribution in [0.5, 0.6) is 0 Å². The summed E-state index contributed by atoms with van der Waals surface area (Å²) in [5.41, 5.74) is 4.98. The standard InChI is InChI=1S/C17H18F4N4O2/c18-13(19)15-23-22-14(27-15)9-1-2-10-8-25(16(26)12(10)7-9)24-11-3-5-17(20,21)6-4-11/h1-2,7,11,13,16,24,26H,3-6,8H2. The van der Waals surface area contributed by atoms with Crippen LogP contribution in [-0.2, 0) is 6.54 Å². The average Bonchev–Trinajstić information content (AvgIpc) is 3.23. The Kier molecular flexibility index (Phi) is 4.65. The van der Waals surface area contributed by atoms with Gasteiger partial charge >= 0.3 is 6.43 Å². The van der Waals surface area contributed by atoms with E-state index in [0.29, 0.717) is 30.5 Å². The Labute approximate surface area is 152 Å².